The van der Waals surface area contributed by atoms with Crippen LogP contribution in [0.2, 0.25) is 0 Å². The van der Waals surface area contributed by atoms with Gasteiger partial charge in [0, 0.05) is 5.69 Å². The summed E-state index contributed by atoms with van der Waals surface area (Å²) in [5.74, 6) is -0.978. The summed E-state index contributed by atoms with van der Waals surface area (Å²) in [7, 11) is 0. The summed E-state index contributed by atoms with van der Waals surface area (Å²) in [5, 5.41) is 13.1. The topological polar surface area (TPSA) is 55.1 Å². The van der Waals surface area contributed by atoms with Crippen LogP contribution < -0.4 is 0 Å². The van der Waals surface area contributed by atoms with E-state index in [-0.39, 0.29) is 5.69 Å². The van der Waals surface area contributed by atoms with Crippen molar-refractivity contribution in [3.8, 4) is 0 Å². The lowest BCUT2D eigenvalue weighted by Gasteiger charge is -2.08. The molecule has 18 heavy (non-hydrogen) atoms. The molecule has 0 aliphatic heterocycles. The number of carbonyl (C=O) groups is 1. The maximum Gasteiger partial charge on any atom is 0.356 e. The summed E-state index contributed by atoms with van der Waals surface area (Å²) in [6.45, 7) is 4.66. The molecule has 1 aromatic heterocycles. The van der Waals surface area contributed by atoms with Crippen molar-refractivity contribution in [1.82, 2.24) is 9.78 Å². The third-order valence-corrected chi connectivity index (χ3v) is 3.03. The molecule has 0 aliphatic carbocycles. The van der Waals surface area contributed by atoms with Crippen LogP contribution in [0.5, 0.6) is 0 Å². The van der Waals surface area contributed by atoms with Gasteiger partial charge in [-0.15, -0.1) is 0 Å². The lowest BCUT2D eigenvalue weighted by molar-refractivity contribution is 0.0689. The molecule has 94 valence electrons. The molecular weight excluding hydrogens is 228 g/mol. The fraction of sp³-hybridized carbons (Fsp3) is 0.286. The summed E-state index contributed by atoms with van der Waals surface area (Å²) < 4.78 is 1.77. The Kier molecular flexibility index (Phi) is 3.46. The Morgan fingerprint density at radius 1 is 1.39 bits per heavy atom. The molecule has 0 saturated heterocycles. The average molecular weight is 244 g/mol. The smallest absolute Gasteiger partial charge is 0.356 e. The van der Waals surface area contributed by atoms with E-state index in [9.17, 15) is 4.79 Å². The Hall–Kier alpha value is -2.10. The Labute approximate surface area is 106 Å². The lowest BCUT2D eigenvalue weighted by Crippen LogP contribution is -2.08. The van der Waals surface area contributed by atoms with Gasteiger partial charge in [-0.3, -0.25) is 4.68 Å². The van der Waals surface area contributed by atoms with Crippen LogP contribution in [0.4, 0.5) is 0 Å². The van der Waals surface area contributed by atoms with Crippen molar-refractivity contribution < 1.29 is 9.90 Å². The molecule has 1 heterocycles. The van der Waals surface area contributed by atoms with Gasteiger partial charge < -0.3 is 5.11 Å². The molecule has 0 bridgehead atoms. The number of rotatable bonds is 4. The first-order valence-corrected chi connectivity index (χ1v) is 5.96. The minimum Gasteiger partial charge on any atom is -0.476 e. The first-order chi connectivity index (χ1) is 8.61. The zero-order chi connectivity index (χ0) is 13.1. The van der Waals surface area contributed by atoms with Crippen LogP contribution in [-0.4, -0.2) is 20.9 Å². The first-order valence-electron chi connectivity index (χ1n) is 5.96. The van der Waals surface area contributed by atoms with E-state index in [2.05, 4.69) is 5.10 Å². The highest BCUT2D eigenvalue weighted by Gasteiger charge is 2.12. The van der Waals surface area contributed by atoms with Crippen molar-refractivity contribution >= 4 is 5.97 Å². The first kappa shape index (κ1) is 12.4. The summed E-state index contributed by atoms with van der Waals surface area (Å²) in [6, 6.07) is 9.70. The lowest BCUT2D eigenvalue weighted by atomic mass is 10.1. The third kappa shape index (κ3) is 2.42. The van der Waals surface area contributed by atoms with E-state index in [1.807, 2.05) is 38.1 Å². The van der Waals surface area contributed by atoms with Crippen molar-refractivity contribution in [2.24, 2.45) is 0 Å². The minimum absolute atomic E-state index is 0.112. The van der Waals surface area contributed by atoms with Gasteiger partial charge in [0.1, 0.15) is 0 Å². The molecule has 1 N–H and O–H groups in total. The number of aromatic carboxylic acids is 1. The zero-order valence-electron chi connectivity index (χ0n) is 10.6. The maximum atomic E-state index is 10.9. The number of hydrogen-bond donors (Lipinski definition) is 1. The van der Waals surface area contributed by atoms with Crippen LogP contribution in [0.25, 0.3) is 0 Å². The van der Waals surface area contributed by atoms with E-state index in [4.69, 9.17) is 5.11 Å². The van der Waals surface area contributed by atoms with Crippen molar-refractivity contribution in [3.05, 3.63) is 52.8 Å². The number of hydrogen-bond acceptors (Lipinski definition) is 2. The highest BCUT2D eigenvalue weighted by Crippen LogP contribution is 2.12. The molecule has 0 atom stereocenters. The molecule has 0 fully saturated rings. The van der Waals surface area contributed by atoms with E-state index in [1.54, 1.807) is 10.7 Å². The second-order valence-electron chi connectivity index (χ2n) is 4.26. The maximum absolute atomic E-state index is 10.9. The average Bonchev–Trinajstić information content (AvgIpc) is 2.75. The predicted molar refractivity (Wildman–Crippen MR) is 68.8 cm³/mol. The van der Waals surface area contributed by atoms with Crippen molar-refractivity contribution in [1.29, 1.82) is 0 Å². The third-order valence-electron chi connectivity index (χ3n) is 3.03. The van der Waals surface area contributed by atoms with Gasteiger partial charge in [0.05, 0.1) is 6.54 Å². The van der Waals surface area contributed by atoms with Gasteiger partial charge >= 0.3 is 5.97 Å². The number of carboxylic acids is 1. The second kappa shape index (κ2) is 5.04. The van der Waals surface area contributed by atoms with Gasteiger partial charge in [-0.05, 0) is 30.5 Å². The SMILES string of the molecule is CCc1cc(C(=O)O)nn1Cc1ccccc1C. The van der Waals surface area contributed by atoms with Gasteiger partial charge in [-0.1, -0.05) is 31.2 Å². The normalized spacial score (nSPS) is 10.6. The van der Waals surface area contributed by atoms with Crippen LogP contribution in [0.15, 0.2) is 30.3 Å². The molecule has 0 amide bonds. The molecule has 0 aliphatic rings. The van der Waals surface area contributed by atoms with Gasteiger partial charge in [0.25, 0.3) is 0 Å². The van der Waals surface area contributed by atoms with Crippen LogP contribution in [0.1, 0.15) is 34.2 Å². The van der Waals surface area contributed by atoms with Crippen molar-refractivity contribution in [2.75, 3.05) is 0 Å². The Bertz CT molecular complexity index is 573. The summed E-state index contributed by atoms with van der Waals surface area (Å²) in [5.41, 5.74) is 3.40. The number of carboxylic acid groups (broad SMARTS) is 1. The number of aromatic nitrogens is 2. The number of aryl methyl sites for hydroxylation is 2. The van der Waals surface area contributed by atoms with Crippen LogP contribution in [0.3, 0.4) is 0 Å². The van der Waals surface area contributed by atoms with Gasteiger partial charge in [-0.2, -0.15) is 5.10 Å². The second-order valence-corrected chi connectivity index (χ2v) is 4.26. The molecule has 0 saturated carbocycles. The largest absolute Gasteiger partial charge is 0.476 e. The van der Waals surface area contributed by atoms with Crippen LogP contribution >= 0.6 is 0 Å². The van der Waals surface area contributed by atoms with E-state index < -0.39 is 5.97 Å². The molecule has 1 aromatic carbocycles. The molecule has 0 unspecified atom stereocenters. The highest BCUT2D eigenvalue weighted by atomic mass is 16.4. The van der Waals surface area contributed by atoms with Gasteiger partial charge in [0.15, 0.2) is 5.69 Å². The number of nitrogens with zero attached hydrogens (tertiary/aromatic N) is 2. The van der Waals surface area contributed by atoms with Crippen LogP contribution in [-0.2, 0) is 13.0 Å². The molecule has 0 spiro atoms. The molecule has 4 heteroatoms. The molecule has 4 nitrogen and oxygen atoms in total. The Balaban J connectivity index is 2.34. The number of benzene rings is 1. The predicted octanol–water partition coefficient (Wildman–Crippen LogP) is 2.50. The Morgan fingerprint density at radius 2 is 2.11 bits per heavy atom. The summed E-state index contributed by atoms with van der Waals surface area (Å²) in [4.78, 5) is 10.9. The molecule has 2 aromatic rings. The van der Waals surface area contributed by atoms with Gasteiger partial charge in [0.2, 0.25) is 0 Å². The fourth-order valence-electron chi connectivity index (χ4n) is 1.93. The van der Waals surface area contributed by atoms with E-state index >= 15 is 0 Å². The van der Waals surface area contributed by atoms with E-state index in [0.717, 1.165) is 17.7 Å². The highest BCUT2D eigenvalue weighted by molar-refractivity contribution is 5.85. The van der Waals surface area contributed by atoms with Gasteiger partial charge in [-0.25, -0.2) is 4.79 Å². The minimum atomic E-state index is -0.978. The van der Waals surface area contributed by atoms with E-state index in [0.29, 0.717) is 6.54 Å². The van der Waals surface area contributed by atoms with Crippen LogP contribution in [0, 0.1) is 6.92 Å². The Morgan fingerprint density at radius 3 is 2.72 bits per heavy atom. The van der Waals surface area contributed by atoms with Crippen molar-refractivity contribution in [3.63, 3.8) is 0 Å². The summed E-state index contributed by atoms with van der Waals surface area (Å²) >= 11 is 0. The fourth-order valence-corrected chi connectivity index (χ4v) is 1.93. The molecule has 0 radical (unpaired) electrons. The quantitative estimate of drug-likeness (QED) is 0.899. The van der Waals surface area contributed by atoms with E-state index in [1.165, 1.54) is 5.56 Å². The summed E-state index contributed by atoms with van der Waals surface area (Å²) in [6.07, 6.45) is 0.770. The monoisotopic (exact) mass is 244 g/mol. The van der Waals surface area contributed by atoms with Crippen molar-refractivity contribution in [2.45, 2.75) is 26.8 Å². The molecule has 2 rings (SSSR count). The molecular formula is C14H16N2O2. The zero-order valence-corrected chi connectivity index (χ0v) is 10.6. The standard InChI is InChI=1S/C14H16N2O2/c1-3-12-8-13(14(17)18)15-16(12)9-11-7-5-4-6-10(11)2/h4-8H,3,9H2,1-2H3,(H,17,18).